The molecule has 0 aromatic rings. The van der Waals surface area contributed by atoms with Gasteiger partial charge in [-0.1, -0.05) is 65.7 Å². The van der Waals surface area contributed by atoms with Crippen LogP contribution < -0.4 is 0 Å². The third-order valence-electron chi connectivity index (χ3n) is 3.86. The molecule has 0 bridgehead atoms. The summed E-state index contributed by atoms with van der Waals surface area (Å²) in [6, 6.07) is 2.44. The topological polar surface area (TPSA) is 23.8 Å². The predicted molar refractivity (Wildman–Crippen MR) is 75.9 cm³/mol. The molecule has 0 aliphatic carbocycles. The summed E-state index contributed by atoms with van der Waals surface area (Å²) in [5.41, 5.74) is 0.341. The Labute approximate surface area is 109 Å². The van der Waals surface area contributed by atoms with Gasteiger partial charge in [0.05, 0.1) is 6.07 Å². The molecule has 0 aliphatic rings. The molecule has 0 saturated heterocycles. The predicted octanol–water partition coefficient (Wildman–Crippen LogP) is 5.85. The van der Waals surface area contributed by atoms with Crippen LogP contribution in [0, 0.1) is 16.7 Å². The summed E-state index contributed by atoms with van der Waals surface area (Å²) in [7, 11) is 0. The molecule has 100 valence electrons. The zero-order chi connectivity index (χ0) is 13.0. The molecule has 1 heteroatoms. The summed E-state index contributed by atoms with van der Waals surface area (Å²) in [5.74, 6) is 0. The van der Waals surface area contributed by atoms with E-state index < -0.39 is 0 Å². The van der Waals surface area contributed by atoms with Crippen LogP contribution >= 0.6 is 0 Å². The van der Waals surface area contributed by atoms with Gasteiger partial charge in [-0.05, 0) is 24.7 Å². The molecule has 0 unspecified atom stereocenters. The molecule has 0 rings (SSSR count). The summed E-state index contributed by atoms with van der Waals surface area (Å²) in [6.07, 6.45) is 13.6. The second kappa shape index (κ2) is 10.6. The molecule has 1 nitrogen and oxygen atoms in total. The smallest absolute Gasteiger partial charge is 0.0627 e. The Balaban J connectivity index is 4.26. The fraction of sp³-hybridized carbons (Fsp3) is 0.938. The largest absolute Gasteiger partial charge is 0.198 e. The van der Waals surface area contributed by atoms with E-state index in [0.29, 0.717) is 5.41 Å². The Morgan fingerprint density at radius 1 is 0.765 bits per heavy atom. The SMILES string of the molecule is CCCCCC[C@@](CC#N)(CCC)CCCC. The van der Waals surface area contributed by atoms with Crippen molar-refractivity contribution < 1.29 is 0 Å². The van der Waals surface area contributed by atoms with Crippen molar-refractivity contribution >= 4 is 0 Å². The quantitative estimate of drug-likeness (QED) is 0.414. The fourth-order valence-electron chi connectivity index (χ4n) is 2.82. The van der Waals surface area contributed by atoms with Crippen molar-refractivity contribution in [2.75, 3.05) is 0 Å². The molecule has 1 atom stereocenters. The van der Waals surface area contributed by atoms with Gasteiger partial charge in [0.15, 0.2) is 0 Å². The lowest BCUT2D eigenvalue weighted by molar-refractivity contribution is 0.207. The van der Waals surface area contributed by atoms with Crippen molar-refractivity contribution in [3.63, 3.8) is 0 Å². The first kappa shape index (κ1) is 16.5. The minimum Gasteiger partial charge on any atom is -0.198 e. The van der Waals surface area contributed by atoms with Crippen LogP contribution in [-0.4, -0.2) is 0 Å². The maximum atomic E-state index is 9.08. The van der Waals surface area contributed by atoms with Crippen LogP contribution in [0.2, 0.25) is 0 Å². The van der Waals surface area contributed by atoms with Gasteiger partial charge in [0.2, 0.25) is 0 Å². The normalized spacial score (nSPS) is 14.2. The van der Waals surface area contributed by atoms with Crippen LogP contribution in [0.25, 0.3) is 0 Å². The van der Waals surface area contributed by atoms with E-state index in [-0.39, 0.29) is 0 Å². The molecule has 0 amide bonds. The average Bonchev–Trinajstić information content (AvgIpc) is 2.33. The van der Waals surface area contributed by atoms with Gasteiger partial charge >= 0.3 is 0 Å². The van der Waals surface area contributed by atoms with Gasteiger partial charge in [0.25, 0.3) is 0 Å². The van der Waals surface area contributed by atoms with E-state index in [9.17, 15) is 0 Å². The molecule has 0 radical (unpaired) electrons. The Kier molecular flexibility index (Phi) is 10.3. The van der Waals surface area contributed by atoms with Gasteiger partial charge in [0.1, 0.15) is 0 Å². The van der Waals surface area contributed by atoms with E-state index in [1.165, 1.54) is 64.2 Å². The number of rotatable bonds is 11. The van der Waals surface area contributed by atoms with Gasteiger partial charge in [0, 0.05) is 6.42 Å². The Hall–Kier alpha value is -0.510. The van der Waals surface area contributed by atoms with Crippen LogP contribution in [0.3, 0.4) is 0 Å². The van der Waals surface area contributed by atoms with Crippen molar-refractivity contribution in [3.8, 4) is 6.07 Å². The first-order valence-electron chi connectivity index (χ1n) is 7.61. The minimum absolute atomic E-state index is 0.341. The number of nitriles is 1. The maximum absolute atomic E-state index is 9.08. The third-order valence-corrected chi connectivity index (χ3v) is 3.86. The molecular formula is C16H31N. The summed E-state index contributed by atoms with van der Waals surface area (Å²) < 4.78 is 0. The molecule has 0 saturated carbocycles. The highest BCUT2D eigenvalue weighted by Gasteiger charge is 2.27. The molecular weight excluding hydrogens is 206 g/mol. The third kappa shape index (κ3) is 7.42. The van der Waals surface area contributed by atoms with Crippen LogP contribution in [-0.2, 0) is 0 Å². The van der Waals surface area contributed by atoms with E-state index in [0.717, 1.165) is 6.42 Å². The second-order valence-corrected chi connectivity index (χ2v) is 5.50. The average molecular weight is 237 g/mol. The zero-order valence-electron chi connectivity index (χ0n) is 12.2. The van der Waals surface area contributed by atoms with Gasteiger partial charge in [-0.15, -0.1) is 0 Å². The van der Waals surface area contributed by atoms with Crippen LogP contribution in [0.5, 0.6) is 0 Å². The van der Waals surface area contributed by atoms with Crippen molar-refractivity contribution in [2.24, 2.45) is 5.41 Å². The first-order valence-corrected chi connectivity index (χ1v) is 7.61. The lowest BCUT2D eigenvalue weighted by Crippen LogP contribution is -2.20. The van der Waals surface area contributed by atoms with Crippen LogP contribution in [0.4, 0.5) is 0 Å². The lowest BCUT2D eigenvalue weighted by atomic mass is 9.72. The monoisotopic (exact) mass is 237 g/mol. The van der Waals surface area contributed by atoms with Crippen molar-refractivity contribution in [2.45, 2.75) is 91.4 Å². The second-order valence-electron chi connectivity index (χ2n) is 5.50. The van der Waals surface area contributed by atoms with Crippen molar-refractivity contribution in [1.82, 2.24) is 0 Å². The molecule has 0 aliphatic heterocycles. The molecule has 0 aromatic carbocycles. The maximum Gasteiger partial charge on any atom is 0.0627 e. The van der Waals surface area contributed by atoms with Gasteiger partial charge in [-0.25, -0.2) is 0 Å². The van der Waals surface area contributed by atoms with E-state index in [1.807, 2.05) is 0 Å². The highest BCUT2D eigenvalue weighted by molar-refractivity contribution is 4.88. The number of unbranched alkanes of at least 4 members (excludes halogenated alkanes) is 4. The fourth-order valence-corrected chi connectivity index (χ4v) is 2.82. The van der Waals surface area contributed by atoms with Gasteiger partial charge < -0.3 is 0 Å². The van der Waals surface area contributed by atoms with E-state index in [2.05, 4.69) is 26.8 Å². The van der Waals surface area contributed by atoms with Crippen LogP contribution in [0.1, 0.15) is 91.4 Å². The summed E-state index contributed by atoms with van der Waals surface area (Å²) in [6.45, 7) is 6.76. The van der Waals surface area contributed by atoms with Crippen molar-refractivity contribution in [3.05, 3.63) is 0 Å². The lowest BCUT2D eigenvalue weighted by Gasteiger charge is -2.31. The Morgan fingerprint density at radius 3 is 1.94 bits per heavy atom. The van der Waals surface area contributed by atoms with Crippen molar-refractivity contribution in [1.29, 1.82) is 5.26 Å². The highest BCUT2D eigenvalue weighted by Crippen LogP contribution is 2.39. The van der Waals surface area contributed by atoms with E-state index in [4.69, 9.17) is 5.26 Å². The molecule has 0 N–H and O–H groups in total. The zero-order valence-corrected chi connectivity index (χ0v) is 12.2. The summed E-state index contributed by atoms with van der Waals surface area (Å²) >= 11 is 0. The molecule has 0 aromatic heterocycles. The Bertz CT molecular complexity index is 204. The number of hydrogen-bond donors (Lipinski definition) is 0. The summed E-state index contributed by atoms with van der Waals surface area (Å²) in [4.78, 5) is 0. The molecule has 0 fully saturated rings. The number of nitrogens with zero attached hydrogens (tertiary/aromatic N) is 1. The standard InChI is InChI=1S/C16H31N/c1-4-7-9-10-13-16(11-6-3,14-15-17)12-8-5-2/h4-14H2,1-3H3/t16-/m1/s1. The summed E-state index contributed by atoms with van der Waals surface area (Å²) in [5, 5.41) is 9.08. The molecule has 0 spiro atoms. The van der Waals surface area contributed by atoms with Gasteiger partial charge in [-0.2, -0.15) is 5.26 Å². The van der Waals surface area contributed by atoms with E-state index in [1.54, 1.807) is 0 Å². The van der Waals surface area contributed by atoms with E-state index >= 15 is 0 Å². The van der Waals surface area contributed by atoms with Crippen LogP contribution in [0.15, 0.2) is 0 Å². The first-order chi connectivity index (χ1) is 8.24. The highest BCUT2D eigenvalue weighted by atomic mass is 14.3. The molecule has 17 heavy (non-hydrogen) atoms. The minimum atomic E-state index is 0.341. The van der Waals surface area contributed by atoms with Gasteiger partial charge in [-0.3, -0.25) is 0 Å². The number of hydrogen-bond acceptors (Lipinski definition) is 1. The Morgan fingerprint density at radius 2 is 1.41 bits per heavy atom. The molecule has 0 heterocycles.